The highest BCUT2D eigenvalue weighted by Crippen LogP contribution is 2.48. The minimum Gasteiger partial charge on any atom is -0.471 e. The van der Waals surface area contributed by atoms with Crippen LogP contribution in [-0.2, 0) is 16.0 Å². The number of fused-ring (bicyclic) bond motifs is 1. The number of methoxy groups -OCH3 is 1. The Balaban J connectivity index is 1.76. The second kappa shape index (κ2) is 9.20. The molecule has 168 valence electrons. The van der Waals surface area contributed by atoms with Gasteiger partial charge in [0.2, 0.25) is 11.8 Å². The largest absolute Gasteiger partial charge is 0.471 e. The maximum absolute atomic E-state index is 11.5. The minimum absolute atomic E-state index is 0.0524. The van der Waals surface area contributed by atoms with E-state index in [1.807, 2.05) is 6.20 Å². The Morgan fingerprint density at radius 1 is 1.43 bits per heavy atom. The summed E-state index contributed by atoms with van der Waals surface area (Å²) in [5.74, 6) is 0.526. The van der Waals surface area contributed by atoms with Crippen molar-refractivity contribution >= 4 is 5.91 Å². The van der Waals surface area contributed by atoms with Gasteiger partial charge in [0.15, 0.2) is 0 Å². The van der Waals surface area contributed by atoms with E-state index < -0.39 is 12.1 Å². The lowest BCUT2D eigenvalue weighted by molar-refractivity contribution is -0.121. The molecule has 1 aromatic rings. The molecule has 1 aromatic heterocycles. The summed E-state index contributed by atoms with van der Waals surface area (Å²) in [6.45, 7) is 8.70. The number of amides is 1. The average Bonchev–Trinajstić information content (AvgIpc) is 2.62. The van der Waals surface area contributed by atoms with Crippen molar-refractivity contribution in [1.82, 2.24) is 15.6 Å². The minimum atomic E-state index is -0.761. The third-order valence-electron chi connectivity index (χ3n) is 5.97. The van der Waals surface area contributed by atoms with Crippen molar-refractivity contribution in [3.8, 4) is 5.88 Å². The van der Waals surface area contributed by atoms with E-state index in [0.717, 1.165) is 31.2 Å². The van der Waals surface area contributed by atoms with E-state index in [2.05, 4.69) is 42.5 Å². The number of aliphatic hydroxyl groups excluding tert-OH is 1. The summed E-state index contributed by atoms with van der Waals surface area (Å²) in [6.07, 6.45) is 6.22. The Morgan fingerprint density at radius 2 is 2.17 bits per heavy atom. The first-order valence-corrected chi connectivity index (χ1v) is 11.0. The summed E-state index contributed by atoms with van der Waals surface area (Å²) in [7, 11) is 1.56. The van der Waals surface area contributed by atoms with Gasteiger partial charge in [0, 0.05) is 44.8 Å². The molecule has 1 aliphatic carbocycles. The van der Waals surface area contributed by atoms with E-state index in [-0.39, 0.29) is 29.6 Å². The molecule has 7 heteroatoms. The van der Waals surface area contributed by atoms with Crippen LogP contribution in [0.2, 0.25) is 0 Å². The summed E-state index contributed by atoms with van der Waals surface area (Å²) in [4.78, 5) is 16.1. The second-order valence-electron chi connectivity index (χ2n) is 10.1. The molecule has 2 aliphatic rings. The lowest BCUT2D eigenvalue weighted by atomic mass is 9.73. The molecule has 3 rings (SSSR count). The lowest BCUT2D eigenvalue weighted by Gasteiger charge is -2.47. The van der Waals surface area contributed by atoms with Crippen LogP contribution in [0.25, 0.3) is 0 Å². The Morgan fingerprint density at radius 3 is 2.73 bits per heavy atom. The highest BCUT2D eigenvalue weighted by Gasteiger charge is 2.46. The molecule has 3 atom stereocenters. The predicted octanol–water partition coefficient (Wildman–Crippen LogP) is 2.52. The van der Waals surface area contributed by atoms with E-state index in [0.29, 0.717) is 12.4 Å². The lowest BCUT2D eigenvalue weighted by Crippen LogP contribution is -2.52. The van der Waals surface area contributed by atoms with Crippen molar-refractivity contribution in [2.75, 3.05) is 20.3 Å². The van der Waals surface area contributed by atoms with Crippen molar-refractivity contribution in [2.45, 2.75) is 83.6 Å². The smallest absolute Gasteiger partial charge is 0.218 e. The third-order valence-corrected chi connectivity index (χ3v) is 5.97. The zero-order valence-corrected chi connectivity index (χ0v) is 19.0. The number of carbonyl (C=O) groups excluding carboxylic acids is 1. The second-order valence-corrected chi connectivity index (χ2v) is 10.1. The SMILES string of the molecule is COC[C@H](NC(C)=O)[C@@H](O)CN[C@H]1CC2(CCC2)Oc2ncc(CC(C)(C)C)cc21. The van der Waals surface area contributed by atoms with Crippen molar-refractivity contribution in [3.63, 3.8) is 0 Å². The molecule has 0 aromatic carbocycles. The third kappa shape index (κ3) is 5.71. The summed E-state index contributed by atoms with van der Waals surface area (Å²) < 4.78 is 11.5. The molecule has 30 heavy (non-hydrogen) atoms. The average molecular weight is 420 g/mol. The number of pyridine rings is 1. The first-order chi connectivity index (χ1) is 14.1. The van der Waals surface area contributed by atoms with Crippen LogP contribution in [0.3, 0.4) is 0 Å². The van der Waals surface area contributed by atoms with E-state index >= 15 is 0 Å². The number of rotatable bonds is 8. The topological polar surface area (TPSA) is 92.7 Å². The van der Waals surface area contributed by atoms with Crippen LogP contribution >= 0.6 is 0 Å². The summed E-state index contributed by atoms with van der Waals surface area (Å²) in [5.41, 5.74) is 2.28. The first kappa shape index (κ1) is 23.0. The molecule has 2 heterocycles. The van der Waals surface area contributed by atoms with E-state index in [1.54, 1.807) is 7.11 Å². The number of aliphatic hydroxyl groups is 1. The van der Waals surface area contributed by atoms with Crippen LogP contribution in [0.4, 0.5) is 0 Å². The van der Waals surface area contributed by atoms with Crippen molar-refractivity contribution < 1.29 is 19.4 Å². The molecule has 3 N–H and O–H groups in total. The molecular weight excluding hydrogens is 382 g/mol. The molecule has 1 aliphatic heterocycles. The molecule has 0 bridgehead atoms. The monoisotopic (exact) mass is 419 g/mol. The summed E-state index contributed by atoms with van der Waals surface area (Å²) in [5, 5.41) is 17.0. The van der Waals surface area contributed by atoms with E-state index in [1.165, 1.54) is 18.9 Å². The standard InChI is InChI=1S/C23H37N3O4/c1-15(27)26-19(14-29-5)20(28)13-24-18-11-23(7-6-8-23)30-21-17(18)9-16(12-25-21)10-22(2,3)4/h9,12,18-20,24,28H,6-8,10-11,13-14H2,1-5H3,(H,26,27)/t18-,19-,20-/m0/s1. The van der Waals surface area contributed by atoms with Gasteiger partial charge in [-0.25, -0.2) is 4.98 Å². The number of aromatic nitrogens is 1. The fourth-order valence-corrected chi connectivity index (χ4v) is 4.44. The maximum atomic E-state index is 11.5. The first-order valence-electron chi connectivity index (χ1n) is 11.0. The number of carbonyl (C=O) groups is 1. The molecule has 0 saturated heterocycles. The van der Waals surface area contributed by atoms with Gasteiger partial charge in [-0.3, -0.25) is 4.79 Å². The number of hydrogen-bond donors (Lipinski definition) is 3. The summed E-state index contributed by atoms with van der Waals surface area (Å²) in [6, 6.07) is 1.79. The normalized spacial score (nSPS) is 21.9. The molecule has 1 saturated carbocycles. The Hall–Kier alpha value is -1.70. The number of nitrogens with one attached hydrogen (secondary N) is 2. The zero-order chi connectivity index (χ0) is 21.9. The number of ether oxygens (including phenoxy) is 2. The van der Waals surface area contributed by atoms with Gasteiger partial charge >= 0.3 is 0 Å². The number of hydrogen-bond acceptors (Lipinski definition) is 6. The van der Waals surface area contributed by atoms with Gasteiger partial charge in [0.1, 0.15) is 5.60 Å². The Labute approximate surface area is 179 Å². The van der Waals surface area contributed by atoms with Crippen molar-refractivity contribution in [2.24, 2.45) is 5.41 Å². The molecule has 7 nitrogen and oxygen atoms in total. The van der Waals surface area contributed by atoms with Crippen LogP contribution in [0.5, 0.6) is 5.88 Å². The highest BCUT2D eigenvalue weighted by atomic mass is 16.5. The molecular formula is C23H37N3O4. The molecule has 0 radical (unpaired) electrons. The van der Waals surface area contributed by atoms with E-state index in [9.17, 15) is 9.90 Å². The number of nitrogens with zero attached hydrogens (tertiary/aromatic N) is 1. The van der Waals surface area contributed by atoms with Gasteiger partial charge in [-0.15, -0.1) is 0 Å². The highest BCUT2D eigenvalue weighted by molar-refractivity contribution is 5.73. The van der Waals surface area contributed by atoms with Gasteiger partial charge in [-0.2, -0.15) is 0 Å². The van der Waals surface area contributed by atoms with Crippen molar-refractivity contribution in [1.29, 1.82) is 0 Å². The van der Waals surface area contributed by atoms with Crippen LogP contribution in [-0.4, -0.2) is 54.0 Å². The molecule has 1 amide bonds. The van der Waals surface area contributed by atoms with Gasteiger partial charge in [0.05, 0.1) is 18.8 Å². The Bertz CT molecular complexity index is 742. The van der Waals surface area contributed by atoms with Gasteiger partial charge in [-0.1, -0.05) is 20.8 Å². The van der Waals surface area contributed by atoms with Crippen LogP contribution in [0.1, 0.15) is 70.5 Å². The van der Waals surface area contributed by atoms with Crippen LogP contribution in [0, 0.1) is 5.41 Å². The predicted molar refractivity (Wildman–Crippen MR) is 115 cm³/mol. The zero-order valence-electron chi connectivity index (χ0n) is 19.0. The molecule has 1 fully saturated rings. The van der Waals surface area contributed by atoms with Gasteiger partial charge < -0.3 is 25.2 Å². The van der Waals surface area contributed by atoms with Crippen LogP contribution < -0.4 is 15.4 Å². The van der Waals surface area contributed by atoms with Crippen LogP contribution in [0.15, 0.2) is 12.3 Å². The molecule has 0 unspecified atom stereocenters. The van der Waals surface area contributed by atoms with E-state index in [4.69, 9.17) is 9.47 Å². The molecule has 1 spiro atoms. The van der Waals surface area contributed by atoms with Gasteiger partial charge in [-0.05, 0) is 42.7 Å². The summed E-state index contributed by atoms with van der Waals surface area (Å²) >= 11 is 0. The Kier molecular flexibility index (Phi) is 7.05. The fourth-order valence-electron chi connectivity index (χ4n) is 4.44. The quantitative estimate of drug-likeness (QED) is 0.600. The van der Waals surface area contributed by atoms with Crippen molar-refractivity contribution in [3.05, 3.63) is 23.4 Å². The fraction of sp³-hybridized carbons (Fsp3) is 0.739. The van der Waals surface area contributed by atoms with Gasteiger partial charge in [0.25, 0.3) is 0 Å². The maximum Gasteiger partial charge on any atom is 0.218 e.